The summed E-state index contributed by atoms with van der Waals surface area (Å²) in [6.45, 7) is 10.2. The second-order valence-electron chi connectivity index (χ2n) is 7.16. The van der Waals surface area contributed by atoms with Crippen LogP contribution in [0.3, 0.4) is 0 Å². The summed E-state index contributed by atoms with van der Waals surface area (Å²) in [5, 5.41) is 12.2. The SMILES string of the molecule is C[C@H](CO)[C@]1(C)CC[C@@H](NC(=O)OC(C)(C)C)CC1. The lowest BCUT2D eigenvalue weighted by atomic mass is 9.67. The summed E-state index contributed by atoms with van der Waals surface area (Å²) < 4.78 is 5.27. The van der Waals surface area contributed by atoms with Gasteiger partial charge in [-0.3, -0.25) is 0 Å². The number of carbonyl (C=O) groups is 1. The van der Waals surface area contributed by atoms with Gasteiger partial charge in [0.15, 0.2) is 0 Å². The Bertz CT molecular complexity index is 301. The Kier molecular flexibility index (Phi) is 5.25. The Morgan fingerprint density at radius 3 is 2.37 bits per heavy atom. The lowest BCUT2D eigenvalue weighted by Gasteiger charge is -2.41. The van der Waals surface area contributed by atoms with E-state index >= 15 is 0 Å². The number of amides is 1. The molecular weight excluding hydrogens is 242 g/mol. The van der Waals surface area contributed by atoms with Gasteiger partial charge in [-0.05, 0) is 57.8 Å². The molecule has 1 amide bonds. The molecule has 1 aliphatic rings. The molecule has 1 fully saturated rings. The maximum absolute atomic E-state index is 11.7. The monoisotopic (exact) mass is 271 g/mol. The third-order valence-electron chi connectivity index (χ3n) is 4.31. The highest BCUT2D eigenvalue weighted by molar-refractivity contribution is 5.68. The van der Waals surface area contributed by atoms with Crippen molar-refractivity contribution in [2.24, 2.45) is 11.3 Å². The lowest BCUT2D eigenvalue weighted by Crippen LogP contribution is -2.44. The van der Waals surface area contributed by atoms with Crippen LogP contribution in [-0.4, -0.2) is 29.4 Å². The summed E-state index contributed by atoms with van der Waals surface area (Å²) in [6.07, 6.45) is 3.67. The van der Waals surface area contributed by atoms with E-state index in [2.05, 4.69) is 19.2 Å². The van der Waals surface area contributed by atoms with Crippen molar-refractivity contribution < 1.29 is 14.6 Å². The van der Waals surface area contributed by atoms with Gasteiger partial charge in [0.05, 0.1) is 0 Å². The number of alkyl carbamates (subject to hydrolysis) is 1. The largest absolute Gasteiger partial charge is 0.444 e. The van der Waals surface area contributed by atoms with E-state index in [0.717, 1.165) is 25.7 Å². The molecule has 1 rings (SSSR count). The zero-order valence-corrected chi connectivity index (χ0v) is 13.0. The summed E-state index contributed by atoms with van der Waals surface area (Å²) in [7, 11) is 0. The minimum Gasteiger partial charge on any atom is -0.444 e. The number of rotatable bonds is 3. The average Bonchev–Trinajstić information content (AvgIpc) is 2.29. The summed E-state index contributed by atoms with van der Waals surface area (Å²) in [5.41, 5.74) is -0.250. The maximum Gasteiger partial charge on any atom is 0.407 e. The van der Waals surface area contributed by atoms with Crippen molar-refractivity contribution in [2.75, 3.05) is 6.61 Å². The van der Waals surface area contributed by atoms with Gasteiger partial charge in [0.2, 0.25) is 0 Å². The van der Waals surface area contributed by atoms with Crippen LogP contribution < -0.4 is 5.32 Å². The molecule has 0 bridgehead atoms. The Morgan fingerprint density at radius 1 is 1.42 bits per heavy atom. The van der Waals surface area contributed by atoms with Crippen LogP contribution in [0.1, 0.15) is 60.3 Å². The molecule has 19 heavy (non-hydrogen) atoms. The van der Waals surface area contributed by atoms with E-state index in [9.17, 15) is 9.90 Å². The Hall–Kier alpha value is -0.770. The van der Waals surface area contributed by atoms with Gasteiger partial charge in [0.25, 0.3) is 0 Å². The maximum atomic E-state index is 11.7. The molecule has 4 nitrogen and oxygen atoms in total. The Labute approximate surface area is 116 Å². The van der Waals surface area contributed by atoms with Crippen LogP contribution in [0.5, 0.6) is 0 Å². The van der Waals surface area contributed by atoms with Crippen molar-refractivity contribution in [2.45, 2.75) is 71.9 Å². The summed E-state index contributed by atoms with van der Waals surface area (Å²) in [5.74, 6) is 0.315. The van der Waals surface area contributed by atoms with Crippen molar-refractivity contribution in [3.05, 3.63) is 0 Å². The average molecular weight is 271 g/mol. The molecule has 4 heteroatoms. The van der Waals surface area contributed by atoms with Gasteiger partial charge in [0.1, 0.15) is 5.60 Å². The van der Waals surface area contributed by atoms with E-state index < -0.39 is 5.60 Å². The third kappa shape index (κ3) is 5.01. The number of hydrogen-bond donors (Lipinski definition) is 2. The van der Waals surface area contributed by atoms with E-state index in [1.54, 1.807) is 0 Å². The van der Waals surface area contributed by atoms with Crippen molar-refractivity contribution in [3.63, 3.8) is 0 Å². The zero-order chi connectivity index (χ0) is 14.7. The lowest BCUT2D eigenvalue weighted by molar-refractivity contribution is 0.0402. The van der Waals surface area contributed by atoms with E-state index in [0.29, 0.717) is 5.92 Å². The fourth-order valence-corrected chi connectivity index (χ4v) is 2.61. The van der Waals surface area contributed by atoms with Crippen LogP contribution in [0.15, 0.2) is 0 Å². The van der Waals surface area contributed by atoms with Gasteiger partial charge in [-0.15, -0.1) is 0 Å². The van der Waals surface area contributed by atoms with E-state index in [1.165, 1.54) is 0 Å². The number of aliphatic hydroxyl groups is 1. The molecule has 0 aliphatic heterocycles. The van der Waals surface area contributed by atoms with E-state index in [-0.39, 0.29) is 24.2 Å². The molecule has 0 aromatic carbocycles. The molecule has 1 aliphatic carbocycles. The third-order valence-corrected chi connectivity index (χ3v) is 4.31. The van der Waals surface area contributed by atoms with Gasteiger partial charge in [-0.25, -0.2) is 4.79 Å². The predicted molar refractivity (Wildman–Crippen MR) is 76.0 cm³/mol. The first kappa shape index (κ1) is 16.3. The summed E-state index contributed by atoms with van der Waals surface area (Å²) >= 11 is 0. The number of nitrogens with one attached hydrogen (secondary N) is 1. The molecule has 0 heterocycles. The highest BCUT2D eigenvalue weighted by atomic mass is 16.6. The molecule has 0 radical (unpaired) electrons. The minimum absolute atomic E-state index is 0.195. The van der Waals surface area contributed by atoms with Crippen LogP contribution in [0.25, 0.3) is 0 Å². The smallest absolute Gasteiger partial charge is 0.407 e. The number of hydrogen-bond acceptors (Lipinski definition) is 3. The standard InChI is InChI=1S/C15H29NO3/c1-11(10-17)15(5)8-6-12(7-9-15)16-13(18)19-14(2,3)4/h11-12,17H,6-10H2,1-5H3,(H,16,18)/t11-,12-,15-/m1/s1. The van der Waals surface area contributed by atoms with Crippen molar-refractivity contribution in [1.82, 2.24) is 5.32 Å². The van der Waals surface area contributed by atoms with E-state index in [1.807, 2.05) is 20.8 Å². The van der Waals surface area contributed by atoms with Gasteiger partial charge in [-0.2, -0.15) is 0 Å². The summed E-state index contributed by atoms with van der Waals surface area (Å²) in [4.78, 5) is 11.7. The molecular formula is C15H29NO3. The van der Waals surface area contributed by atoms with Crippen LogP contribution in [0.4, 0.5) is 4.79 Å². The summed E-state index contributed by atoms with van der Waals surface area (Å²) in [6, 6.07) is 0.203. The molecule has 0 aromatic heterocycles. The van der Waals surface area contributed by atoms with E-state index in [4.69, 9.17) is 4.74 Å². The predicted octanol–water partition coefficient (Wildman–Crippen LogP) is 3.09. The van der Waals surface area contributed by atoms with Gasteiger partial charge < -0.3 is 15.2 Å². The fourth-order valence-electron chi connectivity index (χ4n) is 2.61. The minimum atomic E-state index is -0.446. The normalized spacial score (nSPS) is 29.7. The van der Waals surface area contributed by atoms with Gasteiger partial charge >= 0.3 is 6.09 Å². The van der Waals surface area contributed by atoms with Gasteiger partial charge in [-0.1, -0.05) is 13.8 Å². The highest BCUT2D eigenvalue weighted by Gasteiger charge is 2.36. The fraction of sp³-hybridized carbons (Fsp3) is 0.933. The molecule has 2 N–H and O–H groups in total. The van der Waals surface area contributed by atoms with Crippen molar-refractivity contribution >= 4 is 6.09 Å². The molecule has 0 spiro atoms. The number of aliphatic hydroxyl groups excluding tert-OH is 1. The molecule has 112 valence electrons. The molecule has 0 saturated heterocycles. The molecule has 0 unspecified atom stereocenters. The van der Waals surface area contributed by atoms with Crippen LogP contribution in [0, 0.1) is 11.3 Å². The van der Waals surface area contributed by atoms with Crippen LogP contribution in [0.2, 0.25) is 0 Å². The quantitative estimate of drug-likeness (QED) is 0.829. The zero-order valence-electron chi connectivity index (χ0n) is 13.0. The number of ether oxygens (including phenoxy) is 1. The first-order valence-corrected chi connectivity index (χ1v) is 7.27. The second kappa shape index (κ2) is 6.12. The Balaban J connectivity index is 2.40. The van der Waals surface area contributed by atoms with Crippen molar-refractivity contribution in [1.29, 1.82) is 0 Å². The topological polar surface area (TPSA) is 58.6 Å². The molecule has 0 aromatic rings. The van der Waals surface area contributed by atoms with Crippen molar-refractivity contribution in [3.8, 4) is 0 Å². The highest BCUT2D eigenvalue weighted by Crippen LogP contribution is 2.41. The van der Waals surface area contributed by atoms with Crippen LogP contribution >= 0.6 is 0 Å². The first-order chi connectivity index (χ1) is 8.66. The number of carbonyl (C=O) groups excluding carboxylic acids is 1. The Morgan fingerprint density at radius 2 is 1.95 bits per heavy atom. The van der Waals surface area contributed by atoms with Crippen LogP contribution in [-0.2, 0) is 4.74 Å². The van der Waals surface area contributed by atoms with Gasteiger partial charge in [0, 0.05) is 12.6 Å². The first-order valence-electron chi connectivity index (χ1n) is 7.27. The molecule has 1 saturated carbocycles. The second-order valence-corrected chi connectivity index (χ2v) is 7.16. The molecule has 1 atom stereocenters.